The second kappa shape index (κ2) is 2.95. The number of aliphatic hydroxyl groups is 3. The minimum atomic E-state index is -2.17. The number of alkyl halides is 2. The van der Waals surface area contributed by atoms with Gasteiger partial charge in [-0.25, -0.2) is 4.39 Å². The molecule has 1 aliphatic rings. The van der Waals surface area contributed by atoms with Crippen LogP contribution in [0.1, 0.15) is 0 Å². The highest BCUT2D eigenvalue weighted by Gasteiger charge is 2.48. The number of halogens is 2. The van der Waals surface area contributed by atoms with Gasteiger partial charge in [-0.05, 0) is 15.9 Å². The SMILES string of the molecule is O[C@@H]1CO[C@](O)(Br)C(F)[C@@H]1O. The Labute approximate surface area is 70.7 Å². The van der Waals surface area contributed by atoms with Crippen molar-refractivity contribution in [2.75, 3.05) is 6.61 Å². The summed E-state index contributed by atoms with van der Waals surface area (Å²) >= 11 is 2.51. The fourth-order valence-electron chi connectivity index (χ4n) is 0.786. The fraction of sp³-hybridized carbons (Fsp3) is 1.00. The van der Waals surface area contributed by atoms with Gasteiger partial charge in [0.1, 0.15) is 12.2 Å². The highest BCUT2D eigenvalue weighted by atomic mass is 79.9. The molecular formula is C5H8BrFO4. The molecule has 0 bridgehead atoms. The summed E-state index contributed by atoms with van der Waals surface area (Å²) in [5.74, 6) is 0. The standard InChI is InChI=1S/C5H8BrFO4/c6-5(10)4(7)3(9)2(8)1-11-5/h2-4,8-10H,1H2/t2-,3-,4?,5+/m1/s1. The molecule has 1 rings (SSSR count). The molecule has 11 heavy (non-hydrogen) atoms. The van der Waals surface area contributed by atoms with Gasteiger partial charge in [-0.3, -0.25) is 0 Å². The largest absolute Gasteiger partial charge is 0.388 e. The van der Waals surface area contributed by atoms with Crippen molar-refractivity contribution in [2.45, 2.75) is 23.1 Å². The molecular weight excluding hydrogens is 223 g/mol. The third kappa shape index (κ3) is 1.70. The van der Waals surface area contributed by atoms with Crippen molar-refractivity contribution < 1.29 is 24.4 Å². The highest BCUT2D eigenvalue weighted by Crippen LogP contribution is 2.31. The predicted molar refractivity (Wildman–Crippen MR) is 36.7 cm³/mol. The summed E-state index contributed by atoms with van der Waals surface area (Å²) < 4.78 is 15.0. The van der Waals surface area contributed by atoms with E-state index in [1.807, 2.05) is 0 Å². The van der Waals surface area contributed by atoms with Crippen molar-refractivity contribution in [1.29, 1.82) is 0 Å². The number of hydrogen-bond acceptors (Lipinski definition) is 4. The van der Waals surface area contributed by atoms with Gasteiger partial charge in [-0.2, -0.15) is 0 Å². The normalized spacial score (nSPS) is 52.6. The first-order valence-electron chi connectivity index (χ1n) is 3.00. The first-order chi connectivity index (χ1) is 4.95. The van der Waals surface area contributed by atoms with Gasteiger partial charge in [0.05, 0.1) is 6.61 Å². The van der Waals surface area contributed by atoms with E-state index in [9.17, 15) is 4.39 Å². The average molecular weight is 231 g/mol. The Morgan fingerprint density at radius 3 is 2.55 bits per heavy atom. The van der Waals surface area contributed by atoms with Crippen LogP contribution >= 0.6 is 15.9 Å². The first kappa shape index (κ1) is 9.34. The Morgan fingerprint density at radius 2 is 2.09 bits per heavy atom. The molecule has 1 heterocycles. The molecule has 0 aromatic heterocycles. The van der Waals surface area contributed by atoms with Crippen LogP contribution in [0.25, 0.3) is 0 Å². The van der Waals surface area contributed by atoms with Crippen molar-refractivity contribution in [3.05, 3.63) is 0 Å². The van der Waals surface area contributed by atoms with Crippen LogP contribution < -0.4 is 0 Å². The Bertz CT molecular complexity index is 153. The van der Waals surface area contributed by atoms with Crippen molar-refractivity contribution in [2.24, 2.45) is 0 Å². The van der Waals surface area contributed by atoms with Crippen molar-refractivity contribution in [3.8, 4) is 0 Å². The Morgan fingerprint density at radius 1 is 1.55 bits per heavy atom. The molecule has 1 fully saturated rings. The zero-order chi connectivity index (χ0) is 8.65. The summed E-state index contributed by atoms with van der Waals surface area (Å²) in [4.78, 5) is 0. The summed E-state index contributed by atoms with van der Waals surface area (Å²) in [6, 6.07) is 0. The van der Waals surface area contributed by atoms with Gasteiger partial charge in [-0.1, -0.05) is 0 Å². The molecule has 1 unspecified atom stereocenters. The summed E-state index contributed by atoms with van der Waals surface area (Å²) in [7, 11) is 0. The molecule has 1 saturated heterocycles. The minimum absolute atomic E-state index is 0.302. The van der Waals surface area contributed by atoms with Gasteiger partial charge in [0, 0.05) is 0 Å². The first-order valence-corrected chi connectivity index (χ1v) is 3.80. The van der Waals surface area contributed by atoms with Crippen molar-refractivity contribution in [1.82, 2.24) is 0 Å². The molecule has 4 atom stereocenters. The van der Waals surface area contributed by atoms with E-state index in [1.54, 1.807) is 0 Å². The van der Waals surface area contributed by atoms with Crippen LogP contribution in [0.5, 0.6) is 0 Å². The molecule has 0 aromatic carbocycles. The van der Waals surface area contributed by atoms with Crippen molar-refractivity contribution in [3.63, 3.8) is 0 Å². The molecule has 0 aromatic rings. The topological polar surface area (TPSA) is 69.9 Å². The van der Waals surface area contributed by atoms with Gasteiger partial charge in [-0.15, -0.1) is 0 Å². The van der Waals surface area contributed by atoms with Crippen LogP contribution in [0.3, 0.4) is 0 Å². The second-order valence-corrected chi connectivity index (χ2v) is 3.52. The van der Waals surface area contributed by atoms with E-state index in [2.05, 4.69) is 20.7 Å². The Balaban J connectivity index is 2.67. The van der Waals surface area contributed by atoms with Crippen LogP contribution in [-0.4, -0.2) is 45.0 Å². The van der Waals surface area contributed by atoms with Gasteiger partial charge in [0.25, 0.3) is 4.70 Å². The van der Waals surface area contributed by atoms with E-state index in [4.69, 9.17) is 15.3 Å². The molecule has 1 aliphatic heterocycles. The maximum atomic E-state index is 12.8. The molecule has 0 amide bonds. The summed E-state index contributed by atoms with van der Waals surface area (Å²) in [5, 5.41) is 26.7. The number of hydrogen-bond donors (Lipinski definition) is 3. The molecule has 0 spiro atoms. The third-order valence-corrected chi connectivity index (χ3v) is 2.16. The molecule has 0 saturated carbocycles. The predicted octanol–water partition coefficient (Wildman–Crippen LogP) is -0.883. The van der Waals surface area contributed by atoms with Crippen LogP contribution in [0.4, 0.5) is 4.39 Å². The van der Waals surface area contributed by atoms with Crippen LogP contribution in [-0.2, 0) is 4.74 Å². The number of rotatable bonds is 0. The molecule has 66 valence electrons. The van der Waals surface area contributed by atoms with Crippen molar-refractivity contribution >= 4 is 15.9 Å². The number of aliphatic hydroxyl groups excluding tert-OH is 2. The molecule has 3 N–H and O–H groups in total. The lowest BCUT2D eigenvalue weighted by molar-refractivity contribution is -0.250. The van der Waals surface area contributed by atoms with Crippen LogP contribution in [0, 0.1) is 0 Å². The van der Waals surface area contributed by atoms with E-state index < -0.39 is 23.1 Å². The second-order valence-electron chi connectivity index (χ2n) is 2.38. The highest BCUT2D eigenvalue weighted by molar-refractivity contribution is 9.10. The zero-order valence-electron chi connectivity index (χ0n) is 5.44. The van der Waals surface area contributed by atoms with E-state index in [-0.39, 0.29) is 6.61 Å². The third-order valence-electron chi connectivity index (χ3n) is 1.49. The van der Waals surface area contributed by atoms with E-state index in [1.165, 1.54) is 0 Å². The average Bonchev–Trinajstić information content (AvgIpc) is 1.95. The van der Waals surface area contributed by atoms with Crippen LogP contribution in [0.2, 0.25) is 0 Å². The maximum absolute atomic E-state index is 12.8. The summed E-state index contributed by atoms with van der Waals surface area (Å²) in [5.41, 5.74) is 0. The minimum Gasteiger partial charge on any atom is -0.388 e. The van der Waals surface area contributed by atoms with Gasteiger partial charge >= 0.3 is 0 Å². The van der Waals surface area contributed by atoms with Gasteiger partial charge < -0.3 is 20.1 Å². The molecule has 6 heteroatoms. The van der Waals surface area contributed by atoms with E-state index in [0.717, 1.165) is 0 Å². The quantitative estimate of drug-likeness (QED) is 0.473. The van der Waals surface area contributed by atoms with Gasteiger partial charge in [0.2, 0.25) is 0 Å². The fourth-order valence-corrected chi connectivity index (χ4v) is 1.19. The van der Waals surface area contributed by atoms with E-state index >= 15 is 0 Å². The summed E-state index contributed by atoms with van der Waals surface area (Å²) in [6.07, 6.45) is -4.96. The Hall–Kier alpha value is 0.250. The van der Waals surface area contributed by atoms with Gasteiger partial charge in [0.15, 0.2) is 6.17 Å². The smallest absolute Gasteiger partial charge is 0.259 e. The molecule has 0 aliphatic carbocycles. The maximum Gasteiger partial charge on any atom is 0.259 e. The van der Waals surface area contributed by atoms with E-state index in [0.29, 0.717) is 0 Å². The lowest BCUT2D eigenvalue weighted by Gasteiger charge is -2.36. The Kier molecular flexibility index (Phi) is 2.50. The summed E-state index contributed by atoms with van der Waals surface area (Å²) in [6.45, 7) is -0.302. The monoisotopic (exact) mass is 230 g/mol. The molecule has 4 nitrogen and oxygen atoms in total. The molecule has 0 radical (unpaired) electrons. The zero-order valence-corrected chi connectivity index (χ0v) is 7.03. The lowest BCUT2D eigenvalue weighted by Crippen LogP contribution is -2.55. The van der Waals surface area contributed by atoms with Crippen LogP contribution in [0.15, 0.2) is 0 Å². The number of ether oxygens (including phenoxy) is 1. The lowest BCUT2D eigenvalue weighted by atomic mass is 10.1.